The monoisotopic (exact) mass is 336 g/mol. The van der Waals surface area contributed by atoms with E-state index in [2.05, 4.69) is 17.1 Å². The van der Waals surface area contributed by atoms with Crippen LogP contribution in [0.3, 0.4) is 0 Å². The number of hydrogen-bond donors (Lipinski definition) is 1. The number of hydrogen-bond acceptors (Lipinski definition) is 3. The van der Waals surface area contributed by atoms with Crippen LogP contribution in [0.1, 0.15) is 50.6 Å². The summed E-state index contributed by atoms with van der Waals surface area (Å²) >= 11 is 1.55. The number of likely N-dealkylation sites (tertiary alicyclic amines) is 1. The summed E-state index contributed by atoms with van der Waals surface area (Å²) in [5, 5.41) is 3.11. The smallest absolute Gasteiger partial charge is 0.221 e. The van der Waals surface area contributed by atoms with Gasteiger partial charge in [0.05, 0.1) is 6.04 Å². The third-order valence-corrected chi connectivity index (χ3v) is 6.09. The van der Waals surface area contributed by atoms with E-state index in [9.17, 15) is 9.18 Å². The van der Waals surface area contributed by atoms with Crippen LogP contribution in [0.25, 0.3) is 0 Å². The Morgan fingerprint density at radius 1 is 1.39 bits per heavy atom. The SMILES string of the molecule is C[C@H]1CCCCN1CCC(=O)N[C@@H]1CCSc2c(F)cccc21. The van der Waals surface area contributed by atoms with Gasteiger partial charge in [-0.25, -0.2) is 4.39 Å². The number of nitrogens with one attached hydrogen (secondary N) is 1. The first kappa shape index (κ1) is 16.8. The van der Waals surface area contributed by atoms with Crippen LogP contribution in [0.4, 0.5) is 4.39 Å². The molecule has 2 heterocycles. The number of thioether (sulfide) groups is 1. The van der Waals surface area contributed by atoms with Gasteiger partial charge in [-0.3, -0.25) is 4.79 Å². The number of amides is 1. The molecular formula is C18H25FN2OS. The lowest BCUT2D eigenvalue weighted by molar-refractivity contribution is -0.122. The third kappa shape index (κ3) is 4.07. The highest BCUT2D eigenvalue weighted by Crippen LogP contribution is 2.37. The lowest BCUT2D eigenvalue weighted by atomic mass is 10.0. The summed E-state index contributed by atoms with van der Waals surface area (Å²) in [6, 6.07) is 5.69. The Labute approximate surface area is 142 Å². The Hall–Kier alpha value is -1.07. The van der Waals surface area contributed by atoms with Crippen LogP contribution < -0.4 is 5.32 Å². The predicted molar refractivity (Wildman–Crippen MR) is 92.1 cm³/mol. The van der Waals surface area contributed by atoms with Gasteiger partial charge in [-0.05, 0) is 44.4 Å². The lowest BCUT2D eigenvalue weighted by Crippen LogP contribution is -2.40. The first-order valence-electron chi connectivity index (χ1n) is 8.60. The molecule has 126 valence electrons. The molecule has 1 aromatic carbocycles. The van der Waals surface area contributed by atoms with E-state index in [1.165, 1.54) is 25.3 Å². The largest absolute Gasteiger partial charge is 0.349 e. The molecule has 2 aliphatic heterocycles. The molecule has 0 unspecified atom stereocenters. The number of carbonyl (C=O) groups excluding carboxylic acids is 1. The number of carbonyl (C=O) groups is 1. The van der Waals surface area contributed by atoms with Gasteiger partial charge in [0.2, 0.25) is 5.91 Å². The standard InChI is InChI=1S/C18H25FN2OS/c1-13-5-2-3-10-21(13)11-8-17(22)20-16-9-12-23-18-14(16)6-4-7-15(18)19/h4,6-7,13,16H,2-3,5,8-12H2,1H3,(H,20,22)/t13-,16+/m0/s1. The van der Waals surface area contributed by atoms with Gasteiger partial charge in [-0.2, -0.15) is 0 Å². The lowest BCUT2D eigenvalue weighted by Gasteiger charge is -2.33. The molecule has 2 atom stereocenters. The van der Waals surface area contributed by atoms with Crippen molar-refractivity contribution in [1.29, 1.82) is 0 Å². The molecule has 1 N–H and O–H groups in total. The zero-order valence-corrected chi connectivity index (χ0v) is 14.5. The van der Waals surface area contributed by atoms with E-state index in [1.807, 2.05) is 6.07 Å². The highest BCUT2D eigenvalue weighted by Gasteiger charge is 2.25. The van der Waals surface area contributed by atoms with Crippen molar-refractivity contribution in [2.45, 2.75) is 56.0 Å². The molecule has 1 saturated heterocycles. The number of rotatable bonds is 4. The molecule has 23 heavy (non-hydrogen) atoms. The zero-order valence-electron chi connectivity index (χ0n) is 13.7. The van der Waals surface area contributed by atoms with Crippen molar-refractivity contribution in [1.82, 2.24) is 10.2 Å². The highest BCUT2D eigenvalue weighted by molar-refractivity contribution is 7.99. The van der Waals surface area contributed by atoms with Crippen LogP contribution in [0.2, 0.25) is 0 Å². The maximum Gasteiger partial charge on any atom is 0.221 e. The fraction of sp³-hybridized carbons (Fsp3) is 0.611. The molecular weight excluding hydrogens is 311 g/mol. The van der Waals surface area contributed by atoms with E-state index in [-0.39, 0.29) is 17.8 Å². The molecule has 1 amide bonds. The fourth-order valence-corrected chi connectivity index (χ4v) is 4.68. The second-order valence-corrected chi connectivity index (χ2v) is 7.65. The van der Waals surface area contributed by atoms with Crippen molar-refractivity contribution in [3.8, 4) is 0 Å². The van der Waals surface area contributed by atoms with Crippen molar-refractivity contribution in [3.05, 3.63) is 29.6 Å². The number of halogens is 1. The summed E-state index contributed by atoms with van der Waals surface area (Å²) in [4.78, 5) is 15.4. The molecule has 1 aromatic rings. The Morgan fingerprint density at radius 2 is 2.26 bits per heavy atom. The van der Waals surface area contributed by atoms with Gasteiger partial charge < -0.3 is 10.2 Å². The molecule has 0 saturated carbocycles. The number of piperidine rings is 1. The average Bonchev–Trinajstić information content (AvgIpc) is 2.55. The summed E-state index contributed by atoms with van der Waals surface area (Å²) in [5.41, 5.74) is 0.931. The van der Waals surface area contributed by atoms with Crippen LogP contribution in [0.15, 0.2) is 23.1 Å². The molecule has 3 nitrogen and oxygen atoms in total. The topological polar surface area (TPSA) is 32.3 Å². The highest BCUT2D eigenvalue weighted by atomic mass is 32.2. The molecule has 5 heteroatoms. The first-order chi connectivity index (χ1) is 11.1. The van der Waals surface area contributed by atoms with E-state index >= 15 is 0 Å². The molecule has 0 aromatic heterocycles. The van der Waals surface area contributed by atoms with E-state index in [4.69, 9.17) is 0 Å². The molecule has 0 spiro atoms. The Balaban J connectivity index is 1.56. The number of fused-ring (bicyclic) bond motifs is 1. The van der Waals surface area contributed by atoms with E-state index in [0.29, 0.717) is 17.4 Å². The van der Waals surface area contributed by atoms with Gasteiger partial charge in [0, 0.05) is 29.7 Å². The van der Waals surface area contributed by atoms with E-state index in [0.717, 1.165) is 30.8 Å². The van der Waals surface area contributed by atoms with Gasteiger partial charge >= 0.3 is 0 Å². The molecule has 2 aliphatic rings. The summed E-state index contributed by atoms with van der Waals surface area (Å²) < 4.78 is 13.9. The van der Waals surface area contributed by atoms with Gasteiger partial charge in [-0.15, -0.1) is 11.8 Å². The fourth-order valence-electron chi connectivity index (χ4n) is 3.54. The normalized spacial score (nSPS) is 25.0. The molecule has 1 fully saturated rings. The van der Waals surface area contributed by atoms with Gasteiger partial charge in [0.15, 0.2) is 0 Å². The molecule has 0 bridgehead atoms. The minimum absolute atomic E-state index is 0.0479. The van der Waals surface area contributed by atoms with Crippen LogP contribution in [-0.2, 0) is 4.79 Å². The molecule has 3 rings (SSSR count). The quantitative estimate of drug-likeness (QED) is 0.909. The van der Waals surface area contributed by atoms with Crippen molar-refractivity contribution in [2.75, 3.05) is 18.8 Å². The van der Waals surface area contributed by atoms with Gasteiger partial charge in [-0.1, -0.05) is 18.6 Å². The van der Waals surface area contributed by atoms with Crippen molar-refractivity contribution in [3.63, 3.8) is 0 Å². The van der Waals surface area contributed by atoms with Crippen LogP contribution >= 0.6 is 11.8 Å². The number of nitrogens with zero attached hydrogens (tertiary/aromatic N) is 1. The average molecular weight is 336 g/mol. The summed E-state index contributed by atoms with van der Waals surface area (Å²) in [6.45, 7) is 4.17. The summed E-state index contributed by atoms with van der Waals surface area (Å²) in [7, 11) is 0. The third-order valence-electron chi connectivity index (χ3n) is 4.93. The van der Waals surface area contributed by atoms with Gasteiger partial charge in [0.1, 0.15) is 5.82 Å². The first-order valence-corrected chi connectivity index (χ1v) is 9.58. The van der Waals surface area contributed by atoms with Crippen molar-refractivity contribution < 1.29 is 9.18 Å². The van der Waals surface area contributed by atoms with Crippen LogP contribution in [0.5, 0.6) is 0 Å². The maximum absolute atomic E-state index is 13.9. The zero-order chi connectivity index (χ0) is 16.2. The second kappa shape index (κ2) is 7.67. The number of benzene rings is 1. The van der Waals surface area contributed by atoms with Crippen molar-refractivity contribution in [2.24, 2.45) is 0 Å². The summed E-state index contributed by atoms with van der Waals surface area (Å²) in [5.74, 6) is 0.755. The van der Waals surface area contributed by atoms with Crippen molar-refractivity contribution >= 4 is 17.7 Å². The summed E-state index contributed by atoms with van der Waals surface area (Å²) in [6.07, 6.45) is 5.16. The Kier molecular flexibility index (Phi) is 5.59. The second-order valence-electron chi connectivity index (χ2n) is 6.55. The predicted octanol–water partition coefficient (Wildman–Crippen LogP) is 3.74. The Bertz CT molecular complexity index is 566. The molecule has 0 radical (unpaired) electrons. The maximum atomic E-state index is 13.9. The van der Waals surface area contributed by atoms with Crippen LogP contribution in [0, 0.1) is 5.82 Å². The minimum atomic E-state index is -0.173. The van der Waals surface area contributed by atoms with Crippen LogP contribution in [-0.4, -0.2) is 35.7 Å². The van der Waals surface area contributed by atoms with E-state index < -0.39 is 0 Å². The Morgan fingerprint density at radius 3 is 3.09 bits per heavy atom. The van der Waals surface area contributed by atoms with Gasteiger partial charge in [0.25, 0.3) is 0 Å². The van der Waals surface area contributed by atoms with E-state index in [1.54, 1.807) is 17.8 Å². The molecule has 0 aliphatic carbocycles. The minimum Gasteiger partial charge on any atom is -0.349 e.